The molecule has 1 saturated heterocycles. The predicted octanol–water partition coefficient (Wildman–Crippen LogP) is 3.86. The number of anilines is 1. The zero-order valence-electron chi connectivity index (χ0n) is 16.6. The predicted molar refractivity (Wildman–Crippen MR) is 114 cm³/mol. The van der Waals surface area contributed by atoms with Gasteiger partial charge < -0.3 is 14.4 Å². The van der Waals surface area contributed by atoms with Crippen molar-refractivity contribution in [1.82, 2.24) is 14.9 Å². The molecule has 156 valence electrons. The van der Waals surface area contributed by atoms with Crippen LogP contribution in [0.2, 0.25) is 0 Å². The van der Waals surface area contributed by atoms with E-state index in [-0.39, 0.29) is 5.75 Å². The van der Waals surface area contributed by atoms with Crippen LogP contribution >= 0.6 is 11.3 Å². The molecule has 2 aromatic heterocycles. The molecule has 0 amide bonds. The highest BCUT2D eigenvalue weighted by molar-refractivity contribution is 7.07. The fraction of sp³-hybridized carbons (Fsp3) is 0.364. The lowest BCUT2D eigenvalue weighted by Crippen LogP contribution is -2.38. The second-order valence-electron chi connectivity index (χ2n) is 7.48. The lowest BCUT2D eigenvalue weighted by atomic mass is 10.1. The third kappa shape index (κ3) is 4.16. The smallest absolute Gasteiger partial charge is 0.229 e. The van der Waals surface area contributed by atoms with Crippen LogP contribution in [0, 0.1) is 5.82 Å². The highest BCUT2D eigenvalue weighted by Crippen LogP contribution is 2.33. The van der Waals surface area contributed by atoms with Gasteiger partial charge >= 0.3 is 0 Å². The van der Waals surface area contributed by atoms with Crippen molar-refractivity contribution >= 4 is 17.3 Å². The molecule has 0 atom stereocenters. The van der Waals surface area contributed by atoms with E-state index in [0.717, 1.165) is 43.9 Å². The Bertz CT molecular complexity index is 1010. The summed E-state index contributed by atoms with van der Waals surface area (Å²) in [5, 5.41) is 4.27. The van der Waals surface area contributed by atoms with Crippen molar-refractivity contribution in [3.8, 4) is 11.6 Å². The van der Waals surface area contributed by atoms with Crippen LogP contribution in [-0.4, -0.2) is 47.7 Å². The normalized spacial score (nSPS) is 17.0. The maximum absolute atomic E-state index is 14.3. The van der Waals surface area contributed by atoms with Gasteiger partial charge in [-0.2, -0.15) is 16.3 Å². The molecule has 3 aromatic rings. The highest BCUT2D eigenvalue weighted by atomic mass is 32.1. The van der Waals surface area contributed by atoms with Crippen LogP contribution in [0.15, 0.2) is 41.1 Å². The number of hydrogen-bond donors (Lipinski definition) is 0. The molecule has 5 rings (SSSR count). The van der Waals surface area contributed by atoms with E-state index in [1.165, 1.54) is 11.6 Å². The minimum atomic E-state index is -0.399. The zero-order chi connectivity index (χ0) is 20.3. The van der Waals surface area contributed by atoms with Crippen molar-refractivity contribution < 1.29 is 13.9 Å². The summed E-state index contributed by atoms with van der Waals surface area (Å²) in [4.78, 5) is 14.0. The number of hydrogen-bond acceptors (Lipinski definition) is 7. The van der Waals surface area contributed by atoms with Gasteiger partial charge in [0.25, 0.3) is 0 Å². The summed E-state index contributed by atoms with van der Waals surface area (Å²) >= 11 is 1.70. The minimum absolute atomic E-state index is 0.182. The molecule has 0 N–H and O–H groups in total. The number of benzene rings is 1. The molecular weight excluding hydrogens is 403 g/mol. The number of para-hydroxylation sites is 1. The molecule has 4 heterocycles. The Kier molecular flexibility index (Phi) is 5.61. The van der Waals surface area contributed by atoms with Crippen molar-refractivity contribution in [3.63, 3.8) is 0 Å². The summed E-state index contributed by atoms with van der Waals surface area (Å²) in [7, 11) is 0. The lowest BCUT2D eigenvalue weighted by Gasteiger charge is -2.31. The molecule has 0 spiro atoms. The van der Waals surface area contributed by atoms with Crippen molar-refractivity contribution in [3.05, 3.63) is 63.7 Å². The van der Waals surface area contributed by atoms with Gasteiger partial charge in [0.15, 0.2) is 11.6 Å². The second kappa shape index (κ2) is 8.67. The topological polar surface area (TPSA) is 50.7 Å². The van der Waals surface area contributed by atoms with Gasteiger partial charge in [-0.15, -0.1) is 0 Å². The minimum Gasteiger partial charge on any atom is -0.435 e. The van der Waals surface area contributed by atoms with Crippen molar-refractivity contribution in [1.29, 1.82) is 0 Å². The van der Waals surface area contributed by atoms with Crippen LogP contribution in [0.3, 0.4) is 0 Å². The standard InChI is InChI=1S/C22H23FN4O2S/c23-18-3-1-2-4-20(18)29-21-17-14-26(13-16-6-12-30-15-16)7-5-19(17)24-22(25-21)27-8-10-28-11-9-27/h1-4,6,12,15H,5,7-11,13-14H2. The number of nitrogens with zero attached hydrogens (tertiary/aromatic N) is 4. The van der Waals surface area contributed by atoms with Gasteiger partial charge in [-0.1, -0.05) is 12.1 Å². The molecule has 1 aromatic carbocycles. The SMILES string of the molecule is Fc1ccccc1Oc1nc(N2CCOCC2)nc2c1CN(Cc1ccsc1)CC2. The van der Waals surface area contributed by atoms with E-state index in [9.17, 15) is 4.39 Å². The van der Waals surface area contributed by atoms with Gasteiger partial charge in [0.1, 0.15) is 0 Å². The average molecular weight is 427 g/mol. The largest absolute Gasteiger partial charge is 0.435 e. The Morgan fingerprint density at radius 2 is 1.97 bits per heavy atom. The Morgan fingerprint density at radius 1 is 1.10 bits per heavy atom. The number of aromatic nitrogens is 2. The van der Waals surface area contributed by atoms with Gasteiger partial charge in [-0.05, 0) is 34.5 Å². The first kappa shape index (κ1) is 19.4. The molecule has 2 aliphatic heterocycles. The third-order valence-corrected chi connectivity index (χ3v) is 6.15. The van der Waals surface area contributed by atoms with Gasteiger partial charge in [0, 0.05) is 39.1 Å². The molecule has 0 aliphatic carbocycles. The number of rotatable bonds is 5. The molecule has 6 nitrogen and oxygen atoms in total. The Labute approximate surface area is 178 Å². The van der Waals surface area contributed by atoms with Crippen molar-refractivity contribution in [2.24, 2.45) is 0 Å². The van der Waals surface area contributed by atoms with E-state index in [1.807, 2.05) is 0 Å². The van der Waals surface area contributed by atoms with Crippen LogP contribution in [-0.2, 0) is 24.2 Å². The summed E-state index contributed by atoms with van der Waals surface area (Å²) in [5.74, 6) is 0.862. The first-order valence-electron chi connectivity index (χ1n) is 10.1. The maximum Gasteiger partial charge on any atom is 0.229 e. The second-order valence-corrected chi connectivity index (χ2v) is 8.26. The fourth-order valence-corrected chi connectivity index (χ4v) is 4.48. The molecule has 2 aliphatic rings. The number of ether oxygens (including phenoxy) is 2. The molecule has 0 unspecified atom stereocenters. The number of halogens is 1. The Balaban J connectivity index is 1.48. The van der Waals surface area contributed by atoms with Crippen LogP contribution in [0.4, 0.5) is 10.3 Å². The Morgan fingerprint density at radius 3 is 2.77 bits per heavy atom. The molecular formula is C22H23FN4O2S. The average Bonchev–Trinajstić information content (AvgIpc) is 3.29. The molecule has 8 heteroatoms. The van der Waals surface area contributed by atoms with Gasteiger partial charge in [0.2, 0.25) is 11.8 Å². The quantitative estimate of drug-likeness (QED) is 0.618. The molecule has 1 fully saturated rings. The molecule has 0 radical (unpaired) electrons. The van der Waals surface area contributed by atoms with Crippen LogP contribution in [0.1, 0.15) is 16.8 Å². The monoisotopic (exact) mass is 426 g/mol. The summed E-state index contributed by atoms with van der Waals surface area (Å²) in [6.45, 7) is 5.24. The maximum atomic E-state index is 14.3. The summed E-state index contributed by atoms with van der Waals surface area (Å²) in [6.07, 6.45) is 0.812. The number of morpholine rings is 1. The number of thiophene rings is 1. The lowest BCUT2D eigenvalue weighted by molar-refractivity contribution is 0.122. The van der Waals surface area contributed by atoms with E-state index >= 15 is 0 Å². The first-order chi connectivity index (χ1) is 14.8. The van der Waals surface area contributed by atoms with E-state index in [1.54, 1.807) is 29.5 Å². The van der Waals surface area contributed by atoms with E-state index < -0.39 is 5.82 Å². The summed E-state index contributed by atoms with van der Waals surface area (Å²) < 4.78 is 25.8. The van der Waals surface area contributed by atoms with E-state index in [4.69, 9.17) is 19.4 Å². The summed E-state index contributed by atoms with van der Waals surface area (Å²) in [6, 6.07) is 8.59. The van der Waals surface area contributed by atoms with Crippen LogP contribution in [0.25, 0.3) is 0 Å². The van der Waals surface area contributed by atoms with Gasteiger partial charge in [-0.3, -0.25) is 4.90 Å². The highest BCUT2D eigenvalue weighted by Gasteiger charge is 2.26. The van der Waals surface area contributed by atoms with E-state index in [0.29, 0.717) is 31.6 Å². The molecule has 30 heavy (non-hydrogen) atoms. The number of fused-ring (bicyclic) bond motifs is 1. The molecule has 0 bridgehead atoms. The van der Waals surface area contributed by atoms with Crippen molar-refractivity contribution in [2.45, 2.75) is 19.5 Å². The van der Waals surface area contributed by atoms with Crippen molar-refractivity contribution in [2.75, 3.05) is 37.7 Å². The third-order valence-electron chi connectivity index (χ3n) is 5.41. The van der Waals surface area contributed by atoms with Crippen LogP contribution < -0.4 is 9.64 Å². The summed E-state index contributed by atoms with van der Waals surface area (Å²) in [5.41, 5.74) is 3.22. The Hall–Kier alpha value is -2.55. The van der Waals surface area contributed by atoms with Gasteiger partial charge in [0.05, 0.1) is 24.5 Å². The van der Waals surface area contributed by atoms with E-state index in [2.05, 4.69) is 26.6 Å². The first-order valence-corrected chi connectivity index (χ1v) is 11.1. The molecule has 0 saturated carbocycles. The zero-order valence-corrected chi connectivity index (χ0v) is 17.4. The van der Waals surface area contributed by atoms with Crippen LogP contribution in [0.5, 0.6) is 11.6 Å². The van der Waals surface area contributed by atoms with Gasteiger partial charge in [-0.25, -0.2) is 9.37 Å². The fourth-order valence-electron chi connectivity index (χ4n) is 3.82.